The van der Waals surface area contributed by atoms with E-state index in [9.17, 15) is 14.4 Å². The quantitative estimate of drug-likeness (QED) is 0.507. The molecule has 9 heteroatoms. The van der Waals surface area contributed by atoms with Crippen LogP contribution in [0.4, 0.5) is 5.69 Å². The van der Waals surface area contributed by atoms with E-state index >= 15 is 0 Å². The van der Waals surface area contributed by atoms with Crippen molar-refractivity contribution >= 4 is 23.4 Å². The van der Waals surface area contributed by atoms with Gasteiger partial charge in [0.15, 0.2) is 0 Å². The van der Waals surface area contributed by atoms with E-state index in [1.165, 1.54) is 4.90 Å². The molecule has 1 aromatic heterocycles. The van der Waals surface area contributed by atoms with Crippen LogP contribution in [0.3, 0.4) is 0 Å². The first-order valence-corrected chi connectivity index (χ1v) is 11.7. The number of hydrogen-bond donors (Lipinski definition) is 0. The van der Waals surface area contributed by atoms with Crippen LogP contribution in [-0.2, 0) is 17.9 Å². The maximum absolute atomic E-state index is 13.4. The molecular formula is C26H27N5O4. The van der Waals surface area contributed by atoms with Crippen molar-refractivity contribution < 1.29 is 19.0 Å². The van der Waals surface area contributed by atoms with Crippen molar-refractivity contribution in [1.29, 1.82) is 0 Å². The van der Waals surface area contributed by atoms with Gasteiger partial charge in [0, 0.05) is 26.7 Å². The predicted molar refractivity (Wildman–Crippen MR) is 128 cm³/mol. The summed E-state index contributed by atoms with van der Waals surface area (Å²) >= 11 is 0. The van der Waals surface area contributed by atoms with E-state index in [1.54, 1.807) is 24.0 Å². The molecule has 180 valence electrons. The zero-order chi connectivity index (χ0) is 24.5. The first-order chi connectivity index (χ1) is 16.9. The highest BCUT2D eigenvalue weighted by Gasteiger charge is 2.40. The predicted octanol–water partition coefficient (Wildman–Crippen LogP) is 3.05. The lowest BCUT2D eigenvalue weighted by atomic mass is 9.94. The summed E-state index contributed by atoms with van der Waals surface area (Å²) < 4.78 is 4.72. The topological polar surface area (TPSA) is 99.8 Å². The number of nitrogens with zero attached hydrogens (tertiary/aromatic N) is 5. The number of piperidine rings is 1. The monoisotopic (exact) mass is 473 g/mol. The zero-order valence-corrected chi connectivity index (χ0v) is 19.8. The number of amides is 3. The van der Waals surface area contributed by atoms with Gasteiger partial charge in [-0.25, -0.2) is 4.63 Å². The van der Waals surface area contributed by atoms with E-state index in [1.807, 2.05) is 43.4 Å². The Morgan fingerprint density at radius 3 is 2.63 bits per heavy atom. The maximum Gasteiger partial charge on any atom is 0.264 e. The Kier molecular flexibility index (Phi) is 6.07. The van der Waals surface area contributed by atoms with Gasteiger partial charge in [0.2, 0.25) is 5.91 Å². The summed E-state index contributed by atoms with van der Waals surface area (Å²) in [5.74, 6) is -0.816. The molecule has 3 amide bonds. The Bertz CT molecular complexity index is 1270. The Morgan fingerprint density at radius 2 is 1.89 bits per heavy atom. The van der Waals surface area contributed by atoms with Crippen molar-refractivity contribution in [2.24, 2.45) is 5.92 Å². The molecule has 0 N–H and O–H groups in total. The lowest BCUT2D eigenvalue weighted by Gasteiger charge is -2.36. The highest BCUT2D eigenvalue weighted by atomic mass is 16.6. The normalized spacial score (nSPS) is 17.6. The Morgan fingerprint density at radius 1 is 1.09 bits per heavy atom. The van der Waals surface area contributed by atoms with Gasteiger partial charge in [0.25, 0.3) is 11.8 Å². The van der Waals surface area contributed by atoms with Gasteiger partial charge in [-0.3, -0.25) is 19.3 Å². The zero-order valence-electron chi connectivity index (χ0n) is 19.8. The van der Waals surface area contributed by atoms with Gasteiger partial charge in [-0.05, 0) is 37.5 Å². The molecule has 2 aliphatic heterocycles. The molecular weight excluding hydrogens is 446 g/mol. The molecule has 9 nitrogen and oxygen atoms in total. The van der Waals surface area contributed by atoms with Gasteiger partial charge in [-0.15, -0.1) is 0 Å². The molecule has 1 atom stereocenters. The van der Waals surface area contributed by atoms with Crippen molar-refractivity contribution in [3.05, 3.63) is 76.6 Å². The van der Waals surface area contributed by atoms with Crippen LogP contribution in [0.5, 0.6) is 0 Å². The molecule has 0 saturated carbocycles. The summed E-state index contributed by atoms with van der Waals surface area (Å²) in [5.41, 5.74) is 3.53. The number of anilines is 1. The molecule has 0 bridgehead atoms. The summed E-state index contributed by atoms with van der Waals surface area (Å²) in [5, 5.41) is 7.55. The lowest BCUT2D eigenvalue weighted by molar-refractivity contribution is -0.135. The van der Waals surface area contributed by atoms with Crippen LogP contribution in [0.2, 0.25) is 0 Å². The molecule has 5 rings (SSSR count). The summed E-state index contributed by atoms with van der Waals surface area (Å²) in [7, 11) is 1.83. The van der Waals surface area contributed by atoms with Crippen LogP contribution in [0.1, 0.15) is 50.5 Å². The molecule has 0 spiro atoms. The SMILES string of the molecule is Cc1nonc1CN1C(=O)c2cccc(N3CCC[C@@H](C(=O)N(C)Cc4ccccc4)C3)c2C1=O. The van der Waals surface area contributed by atoms with Gasteiger partial charge < -0.3 is 9.80 Å². The number of carbonyl (C=O) groups excluding carboxylic acids is 3. The second kappa shape index (κ2) is 9.32. The largest absolute Gasteiger partial charge is 0.370 e. The summed E-state index contributed by atoms with van der Waals surface area (Å²) in [6.45, 7) is 3.50. The van der Waals surface area contributed by atoms with Crippen molar-refractivity contribution in [1.82, 2.24) is 20.1 Å². The van der Waals surface area contributed by atoms with Crippen molar-refractivity contribution in [3.8, 4) is 0 Å². The second-order valence-corrected chi connectivity index (χ2v) is 9.16. The van der Waals surface area contributed by atoms with Gasteiger partial charge in [-0.1, -0.05) is 46.7 Å². The minimum atomic E-state index is -0.363. The van der Waals surface area contributed by atoms with Crippen LogP contribution in [0.15, 0.2) is 53.2 Å². The van der Waals surface area contributed by atoms with Gasteiger partial charge >= 0.3 is 0 Å². The number of hydrogen-bond acceptors (Lipinski definition) is 7. The molecule has 2 aromatic carbocycles. The molecule has 1 saturated heterocycles. The van der Waals surface area contributed by atoms with E-state index in [0.717, 1.165) is 24.9 Å². The van der Waals surface area contributed by atoms with Gasteiger partial charge in [-0.2, -0.15) is 0 Å². The fraction of sp³-hybridized carbons (Fsp3) is 0.346. The van der Waals surface area contributed by atoms with Crippen LogP contribution >= 0.6 is 0 Å². The van der Waals surface area contributed by atoms with Gasteiger partial charge in [0.05, 0.1) is 29.3 Å². The van der Waals surface area contributed by atoms with E-state index in [0.29, 0.717) is 41.3 Å². The number of fused-ring (bicyclic) bond motifs is 1. The summed E-state index contributed by atoms with van der Waals surface area (Å²) in [6, 6.07) is 15.2. The third kappa shape index (κ3) is 4.29. The maximum atomic E-state index is 13.4. The average molecular weight is 474 g/mol. The molecule has 0 radical (unpaired) electrons. The Hall–Kier alpha value is -4.01. The average Bonchev–Trinajstić information content (AvgIpc) is 3.40. The van der Waals surface area contributed by atoms with Crippen LogP contribution < -0.4 is 4.90 Å². The first kappa shape index (κ1) is 22.8. The third-order valence-corrected chi connectivity index (χ3v) is 6.78. The number of benzene rings is 2. The Balaban J connectivity index is 1.34. The minimum absolute atomic E-state index is 0.00646. The van der Waals surface area contributed by atoms with Crippen LogP contribution in [0, 0.1) is 12.8 Å². The number of aromatic nitrogens is 2. The van der Waals surface area contributed by atoms with Crippen molar-refractivity contribution in [2.45, 2.75) is 32.9 Å². The van der Waals surface area contributed by atoms with E-state index in [4.69, 9.17) is 4.63 Å². The molecule has 3 aromatic rings. The number of carbonyl (C=O) groups is 3. The standard InChI is InChI=1S/C26H27N5O4/c1-17-21(28-35-27-17)16-31-25(33)20-11-6-12-22(23(20)26(31)34)30-13-7-10-19(15-30)24(32)29(2)14-18-8-4-3-5-9-18/h3-6,8-9,11-12,19H,7,10,13-16H2,1-2H3/t19-/m1/s1. The fourth-order valence-corrected chi connectivity index (χ4v) is 4.91. The molecule has 0 unspecified atom stereocenters. The second-order valence-electron chi connectivity index (χ2n) is 9.16. The smallest absolute Gasteiger partial charge is 0.264 e. The molecule has 0 aliphatic carbocycles. The van der Waals surface area contributed by atoms with E-state index < -0.39 is 0 Å². The van der Waals surface area contributed by atoms with Gasteiger partial charge in [0.1, 0.15) is 11.4 Å². The Labute approximate surface area is 203 Å². The molecule has 35 heavy (non-hydrogen) atoms. The highest BCUT2D eigenvalue weighted by molar-refractivity contribution is 6.23. The minimum Gasteiger partial charge on any atom is -0.370 e. The fourth-order valence-electron chi connectivity index (χ4n) is 4.91. The summed E-state index contributed by atoms with van der Waals surface area (Å²) in [6.07, 6.45) is 1.62. The number of imide groups is 1. The van der Waals surface area contributed by atoms with Crippen molar-refractivity contribution in [3.63, 3.8) is 0 Å². The van der Waals surface area contributed by atoms with Crippen LogP contribution in [-0.4, -0.2) is 58.0 Å². The van der Waals surface area contributed by atoms with Crippen molar-refractivity contribution in [2.75, 3.05) is 25.0 Å². The highest BCUT2D eigenvalue weighted by Crippen LogP contribution is 2.35. The summed E-state index contributed by atoms with van der Waals surface area (Å²) in [4.78, 5) is 44.7. The van der Waals surface area contributed by atoms with E-state index in [-0.39, 0.29) is 30.2 Å². The number of rotatable bonds is 6. The van der Waals surface area contributed by atoms with Crippen LogP contribution in [0.25, 0.3) is 0 Å². The lowest BCUT2D eigenvalue weighted by Crippen LogP contribution is -2.44. The number of aryl methyl sites for hydroxylation is 1. The third-order valence-electron chi connectivity index (χ3n) is 6.78. The molecule has 2 aliphatic rings. The van der Waals surface area contributed by atoms with E-state index in [2.05, 4.69) is 15.2 Å². The first-order valence-electron chi connectivity index (χ1n) is 11.7. The molecule has 1 fully saturated rings. The molecule has 3 heterocycles.